The van der Waals surface area contributed by atoms with Crippen molar-refractivity contribution in [3.63, 3.8) is 0 Å². The molecule has 0 aliphatic heterocycles. The molecule has 5 nitrogen and oxygen atoms in total. The van der Waals surface area contributed by atoms with Gasteiger partial charge in [0.2, 0.25) is 0 Å². The van der Waals surface area contributed by atoms with Gasteiger partial charge in [-0.25, -0.2) is 0 Å². The minimum Gasteiger partial charge on any atom is -0.489 e. The molecule has 0 spiro atoms. The summed E-state index contributed by atoms with van der Waals surface area (Å²) < 4.78 is 51.6. The Morgan fingerprint density at radius 2 is 1.53 bits per heavy atom. The summed E-state index contributed by atoms with van der Waals surface area (Å²) in [6, 6.07) is 19.0. The third-order valence-electron chi connectivity index (χ3n) is 5.33. The van der Waals surface area contributed by atoms with Gasteiger partial charge in [-0.3, -0.25) is 0 Å². The van der Waals surface area contributed by atoms with Crippen molar-refractivity contribution in [1.29, 1.82) is 0 Å². The van der Waals surface area contributed by atoms with Crippen molar-refractivity contribution in [2.45, 2.75) is 44.2 Å². The molecule has 0 fully saturated rings. The fourth-order valence-corrected chi connectivity index (χ4v) is 3.52. The van der Waals surface area contributed by atoms with Crippen LogP contribution in [0.15, 0.2) is 72.8 Å². The zero-order chi connectivity index (χ0) is 24.8. The normalized spacial score (nSPS) is 14.3. The van der Waals surface area contributed by atoms with Crippen molar-refractivity contribution < 1.29 is 32.9 Å². The molecule has 0 bridgehead atoms. The number of rotatable bonds is 10. The van der Waals surface area contributed by atoms with Crippen LogP contribution in [0.3, 0.4) is 0 Å². The highest BCUT2D eigenvalue weighted by Gasteiger charge is 2.32. The van der Waals surface area contributed by atoms with Crippen molar-refractivity contribution in [2.75, 3.05) is 6.61 Å². The highest BCUT2D eigenvalue weighted by atomic mass is 19.4. The number of aliphatic hydroxyl groups is 2. The second kappa shape index (κ2) is 10.9. The van der Waals surface area contributed by atoms with Crippen LogP contribution in [-0.2, 0) is 18.3 Å². The van der Waals surface area contributed by atoms with E-state index < -0.39 is 23.4 Å². The van der Waals surface area contributed by atoms with Gasteiger partial charge < -0.3 is 25.4 Å². The Bertz CT molecular complexity index is 1050. The molecular weight excluding hydrogens is 447 g/mol. The maximum absolute atomic E-state index is 13.4. The molecule has 0 aliphatic rings. The lowest BCUT2D eigenvalue weighted by Crippen LogP contribution is -2.37. The fraction of sp³-hybridized carbons (Fsp3) is 0.308. The topological polar surface area (TPSA) is 84.9 Å². The minimum atomic E-state index is -4.56. The zero-order valence-corrected chi connectivity index (χ0v) is 18.8. The van der Waals surface area contributed by atoms with Gasteiger partial charge in [0.25, 0.3) is 0 Å². The van der Waals surface area contributed by atoms with E-state index in [1.165, 1.54) is 6.07 Å². The van der Waals surface area contributed by atoms with Gasteiger partial charge in [0, 0.05) is 18.2 Å². The summed E-state index contributed by atoms with van der Waals surface area (Å²) in [6.45, 7) is 1.73. The molecule has 34 heavy (non-hydrogen) atoms. The first kappa shape index (κ1) is 25.6. The van der Waals surface area contributed by atoms with E-state index in [9.17, 15) is 18.3 Å². The Labute approximate surface area is 196 Å². The largest absolute Gasteiger partial charge is 0.489 e. The number of benzene rings is 3. The van der Waals surface area contributed by atoms with E-state index in [0.29, 0.717) is 11.3 Å². The molecule has 3 rings (SSSR count). The lowest BCUT2D eigenvalue weighted by Gasteiger charge is -2.28. The van der Waals surface area contributed by atoms with E-state index in [1.807, 2.05) is 30.3 Å². The molecule has 0 aliphatic carbocycles. The molecule has 3 aromatic carbocycles. The zero-order valence-electron chi connectivity index (χ0n) is 18.8. The Hall–Kier alpha value is -3.07. The quantitative estimate of drug-likeness (QED) is 0.366. The van der Waals surface area contributed by atoms with Crippen LogP contribution in [0.25, 0.3) is 0 Å². The van der Waals surface area contributed by atoms with Gasteiger partial charge in [0.1, 0.15) is 23.9 Å². The second-order valence-electron chi connectivity index (χ2n) is 8.38. The molecule has 0 radical (unpaired) electrons. The van der Waals surface area contributed by atoms with Crippen LogP contribution in [0.1, 0.15) is 36.5 Å². The molecule has 0 saturated heterocycles. The van der Waals surface area contributed by atoms with Crippen LogP contribution in [0.2, 0.25) is 0 Å². The molecule has 0 amide bonds. The molecule has 182 valence electrons. The highest BCUT2D eigenvalue weighted by Crippen LogP contribution is 2.37. The van der Waals surface area contributed by atoms with Gasteiger partial charge in [-0.05, 0) is 55.2 Å². The number of hydrogen-bond acceptors (Lipinski definition) is 5. The number of nitrogens with two attached hydrogens (primary N) is 1. The molecule has 0 aromatic heterocycles. The molecule has 0 saturated carbocycles. The monoisotopic (exact) mass is 475 g/mol. The second-order valence-corrected chi connectivity index (χ2v) is 8.38. The highest BCUT2D eigenvalue weighted by molar-refractivity contribution is 5.43. The molecule has 8 heteroatoms. The van der Waals surface area contributed by atoms with E-state index in [0.717, 1.165) is 17.7 Å². The van der Waals surface area contributed by atoms with Crippen LogP contribution in [-0.4, -0.2) is 22.9 Å². The Kier molecular flexibility index (Phi) is 8.19. The average Bonchev–Trinajstić information content (AvgIpc) is 2.78. The van der Waals surface area contributed by atoms with Gasteiger partial charge in [0.05, 0.1) is 11.7 Å². The van der Waals surface area contributed by atoms with Crippen LogP contribution >= 0.6 is 0 Å². The summed E-state index contributed by atoms with van der Waals surface area (Å²) in [5, 5.41) is 18.9. The van der Waals surface area contributed by atoms with Crippen LogP contribution in [0.4, 0.5) is 13.2 Å². The third-order valence-corrected chi connectivity index (χ3v) is 5.33. The first-order valence-electron chi connectivity index (χ1n) is 10.8. The van der Waals surface area contributed by atoms with Crippen LogP contribution < -0.4 is 15.2 Å². The lowest BCUT2D eigenvalue weighted by molar-refractivity contribution is -0.137. The SMILES string of the molecule is CC(N)(CC(O)CCO)c1ccc(Oc2cc(OCc3ccccc3)cc(C(F)(F)F)c2)cc1. The van der Waals surface area contributed by atoms with E-state index in [1.54, 1.807) is 31.2 Å². The maximum Gasteiger partial charge on any atom is 0.416 e. The molecule has 3 aromatic rings. The summed E-state index contributed by atoms with van der Waals surface area (Å²) in [6.07, 6.45) is -4.86. The molecule has 2 unspecified atom stereocenters. The smallest absolute Gasteiger partial charge is 0.416 e. The van der Waals surface area contributed by atoms with Crippen molar-refractivity contribution >= 4 is 0 Å². The fourth-order valence-electron chi connectivity index (χ4n) is 3.52. The number of aliphatic hydroxyl groups excluding tert-OH is 2. The first-order valence-corrected chi connectivity index (χ1v) is 10.8. The van der Waals surface area contributed by atoms with Crippen molar-refractivity contribution in [1.82, 2.24) is 0 Å². The van der Waals surface area contributed by atoms with Crippen LogP contribution in [0.5, 0.6) is 17.2 Å². The Morgan fingerprint density at radius 1 is 0.882 bits per heavy atom. The number of hydrogen-bond donors (Lipinski definition) is 3. The summed E-state index contributed by atoms with van der Waals surface area (Å²) in [5.74, 6) is 0.348. The van der Waals surface area contributed by atoms with Gasteiger partial charge in [-0.1, -0.05) is 42.5 Å². The van der Waals surface area contributed by atoms with E-state index >= 15 is 0 Å². The first-order chi connectivity index (χ1) is 16.1. The van der Waals surface area contributed by atoms with Gasteiger partial charge in [0.15, 0.2) is 0 Å². The number of ether oxygens (including phenoxy) is 2. The van der Waals surface area contributed by atoms with E-state index in [2.05, 4.69) is 0 Å². The molecule has 4 N–H and O–H groups in total. The lowest BCUT2D eigenvalue weighted by atomic mass is 9.87. The number of alkyl halides is 3. The third kappa shape index (κ3) is 7.21. The standard InChI is InChI=1S/C26H28F3NO4/c1-25(30,16-21(32)11-12-31)19-7-9-22(10-8-19)34-24-14-20(26(27,28)29)13-23(15-24)33-17-18-5-3-2-4-6-18/h2-10,13-15,21,31-32H,11-12,16-17,30H2,1H3. The van der Waals surface area contributed by atoms with E-state index in [4.69, 9.17) is 20.3 Å². The maximum atomic E-state index is 13.4. The predicted molar refractivity (Wildman–Crippen MR) is 123 cm³/mol. The average molecular weight is 476 g/mol. The van der Waals surface area contributed by atoms with Gasteiger partial charge >= 0.3 is 6.18 Å². The molecule has 0 heterocycles. The summed E-state index contributed by atoms with van der Waals surface area (Å²) in [7, 11) is 0. The Balaban J connectivity index is 1.77. The van der Waals surface area contributed by atoms with Crippen LogP contribution in [0, 0.1) is 0 Å². The summed E-state index contributed by atoms with van der Waals surface area (Å²) in [5.41, 5.74) is 6.12. The van der Waals surface area contributed by atoms with Crippen molar-refractivity contribution in [3.8, 4) is 17.2 Å². The summed E-state index contributed by atoms with van der Waals surface area (Å²) >= 11 is 0. The predicted octanol–water partition coefficient (Wildman–Crippen LogP) is 5.38. The molecular formula is C26H28F3NO4. The van der Waals surface area contributed by atoms with Crippen molar-refractivity contribution in [3.05, 3.63) is 89.5 Å². The van der Waals surface area contributed by atoms with E-state index in [-0.39, 0.29) is 37.6 Å². The molecule has 2 atom stereocenters. The minimum absolute atomic E-state index is 0.0143. The van der Waals surface area contributed by atoms with Crippen molar-refractivity contribution in [2.24, 2.45) is 5.73 Å². The number of halogens is 3. The summed E-state index contributed by atoms with van der Waals surface area (Å²) in [4.78, 5) is 0. The van der Waals surface area contributed by atoms with Gasteiger partial charge in [-0.2, -0.15) is 13.2 Å². The van der Waals surface area contributed by atoms with Gasteiger partial charge in [-0.15, -0.1) is 0 Å². The Morgan fingerprint density at radius 3 is 2.15 bits per heavy atom.